The van der Waals surface area contributed by atoms with Gasteiger partial charge in [-0.1, -0.05) is 30.3 Å². The van der Waals surface area contributed by atoms with Gasteiger partial charge in [-0.2, -0.15) is 16.7 Å². The Morgan fingerprint density at radius 2 is 2.14 bits per heavy atom. The molecular formula is C13H15N5O2S. The molecule has 0 unspecified atom stereocenters. The molecule has 0 saturated heterocycles. The van der Waals surface area contributed by atoms with Gasteiger partial charge in [-0.25, -0.2) is 4.98 Å². The highest BCUT2D eigenvalue weighted by Gasteiger charge is 2.17. The number of nitrogens with two attached hydrogens (primary N) is 1. The minimum Gasteiger partial charge on any atom is -0.378 e. The van der Waals surface area contributed by atoms with Gasteiger partial charge >= 0.3 is 5.69 Å². The average Bonchev–Trinajstić information content (AvgIpc) is 2.47. The highest BCUT2D eigenvalue weighted by Crippen LogP contribution is 2.23. The van der Waals surface area contributed by atoms with Crippen molar-refractivity contribution in [2.45, 2.75) is 6.04 Å². The number of nitrogens with zero attached hydrogens (tertiary/aromatic N) is 3. The standard InChI is InChI=1S/C13H15N5O2S/c1-21-8-10(9-5-3-2-4-6-9)16-13-15-7-11(18(19)20)12(14)17-13/h2-7,10H,8H2,1H3,(H3,14,15,16,17)/t10-/m1/s1. The van der Waals surface area contributed by atoms with Crippen molar-refractivity contribution in [1.29, 1.82) is 0 Å². The van der Waals surface area contributed by atoms with E-state index in [1.165, 1.54) is 0 Å². The third kappa shape index (κ3) is 3.82. The van der Waals surface area contributed by atoms with Gasteiger partial charge in [-0.3, -0.25) is 10.1 Å². The lowest BCUT2D eigenvalue weighted by molar-refractivity contribution is -0.384. The summed E-state index contributed by atoms with van der Waals surface area (Å²) in [5.41, 5.74) is 6.37. The van der Waals surface area contributed by atoms with Crippen molar-refractivity contribution in [3.05, 3.63) is 52.2 Å². The van der Waals surface area contributed by atoms with Crippen LogP contribution in [0.2, 0.25) is 0 Å². The quantitative estimate of drug-likeness (QED) is 0.623. The Kier molecular flexibility index (Phi) is 4.94. The zero-order valence-corrected chi connectivity index (χ0v) is 12.2. The van der Waals surface area contributed by atoms with E-state index in [1.807, 2.05) is 36.6 Å². The molecule has 0 amide bonds. The van der Waals surface area contributed by atoms with Gasteiger partial charge in [0, 0.05) is 5.75 Å². The van der Waals surface area contributed by atoms with Gasteiger partial charge in [-0.05, 0) is 11.8 Å². The second-order valence-corrected chi connectivity index (χ2v) is 5.19. The highest BCUT2D eigenvalue weighted by molar-refractivity contribution is 7.98. The van der Waals surface area contributed by atoms with Crippen LogP contribution >= 0.6 is 11.8 Å². The molecule has 7 nitrogen and oxygen atoms in total. The van der Waals surface area contributed by atoms with Crippen LogP contribution in [0, 0.1) is 10.1 Å². The monoisotopic (exact) mass is 305 g/mol. The molecule has 0 radical (unpaired) electrons. The Morgan fingerprint density at radius 1 is 1.43 bits per heavy atom. The summed E-state index contributed by atoms with van der Waals surface area (Å²) in [6.07, 6.45) is 3.12. The number of nitrogen functional groups attached to an aromatic ring is 1. The predicted octanol–water partition coefficient (Wildman–Crippen LogP) is 2.48. The molecule has 0 aliphatic carbocycles. The molecule has 0 aliphatic heterocycles. The van der Waals surface area contributed by atoms with E-state index in [0.717, 1.165) is 17.5 Å². The molecule has 0 saturated carbocycles. The predicted molar refractivity (Wildman–Crippen MR) is 84.3 cm³/mol. The second-order valence-electron chi connectivity index (χ2n) is 4.28. The van der Waals surface area contributed by atoms with Gasteiger partial charge in [0.2, 0.25) is 11.8 Å². The fraction of sp³-hybridized carbons (Fsp3) is 0.231. The van der Waals surface area contributed by atoms with E-state index in [1.54, 1.807) is 11.8 Å². The number of nitro groups is 1. The number of thioether (sulfide) groups is 1. The zero-order valence-electron chi connectivity index (χ0n) is 11.4. The molecule has 8 heteroatoms. The summed E-state index contributed by atoms with van der Waals surface area (Å²) in [5.74, 6) is 0.944. The van der Waals surface area contributed by atoms with Crippen LogP contribution in [0.15, 0.2) is 36.5 Å². The minimum absolute atomic E-state index is 0.00190. The number of hydrogen-bond donors (Lipinski definition) is 2. The Labute approximate surface area is 126 Å². The maximum absolute atomic E-state index is 10.7. The number of anilines is 2. The lowest BCUT2D eigenvalue weighted by Crippen LogP contribution is -2.16. The summed E-state index contributed by atoms with van der Waals surface area (Å²) in [5, 5.41) is 13.9. The van der Waals surface area contributed by atoms with Crippen LogP contribution in [0.5, 0.6) is 0 Å². The van der Waals surface area contributed by atoms with Crippen molar-refractivity contribution in [3.8, 4) is 0 Å². The van der Waals surface area contributed by atoms with Crippen molar-refractivity contribution in [1.82, 2.24) is 9.97 Å². The first-order valence-electron chi connectivity index (χ1n) is 6.19. The molecule has 2 aromatic rings. The molecule has 2 rings (SSSR count). The van der Waals surface area contributed by atoms with Gasteiger partial charge in [-0.15, -0.1) is 0 Å². The third-order valence-electron chi connectivity index (χ3n) is 2.83. The Balaban J connectivity index is 2.21. The summed E-state index contributed by atoms with van der Waals surface area (Å²) >= 11 is 1.68. The van der Waals surface area contributed by atoms with Gasteiger partial charge in [0.1, 0.15) is 6.20 Å². The fourth-order valence-corrected chi connectivity index (χ4v) is 2.44. The molecule has 0 spiro atoms. The van der Waals surface area contributed by atoms with E-state index in [4.69, 9.17) is 5.73 Å². The van der Waals surface area contributed by atoms with E-state index in [9.17, 15) is 10.1 Å². The van der Waals surface area contributed by atoms with E-state index in [2.05, 4.69) is 15.3 Å². The molecule has 0 aliphatic rings. The minimum atomic E-state index is -0.602. The number of rotatable bonds is 6. The zero-order chi connectivity index (χ0) is 15.2. The van der Waals surface area contributed by atoms with Crippen LogP contribution in [-0.2, 0) is 0 Å². The molecule has 0 bridgehead atoms. The number of hydrogen-bond acceptors (Lipinski definition) is 7. The average molecular weight is 305 g/mol. The molecule has 110 valence electrons. The van der Waals surface area contributed by atoms with Crippen LogP contribution in [0.3, 0.4) is 0 Å². The first-order chi connectivity index (χ1) is 10.1. The number of nitrogens with one attached hydrogen (secondary N) is 1. The van der Waals surface area contributed by atoms with E-state index >= 15 is 0 Å². The summed E-state index contributed by atoms with van der Waals surface area (Å²) in [6.45, 7) is 0. The molecule has 1 heterocycles. The molecule has 0 fully saturated rings. The van der Waals surface area contributed by atoms with Crippen molar-refractivity contribution in [2.24, 2.45) is 0 Å². The molecule has 3 N–H and O–H groups in total. The van der Waals surface area contributed by atoms with Crippen LogP contribution in [0.4, 0.5) is 17.5 Å². The van der Waals surface area contributed by atoms with E-state index in [-0.39, 0.29) is 23.5 Å². The maximum atomic E-state index is 10.7. The summed E-state index contributed by atoms with van der Waals surface area (Å²) < 4.78 is 0. The second kappa shape index (κ2) is 6.89. The lowest BCUT2D eigenvalue weighted by atomic mass is 10.1. The first-order valence-corrected chi connectivity index (χ1v) is 7.58. The van der Waals surface area contributed by atoms with Gasteiger partial charge < -0.3 is 11.1 Å². The molecule has 21 heavy (non-hydrogen) atoms. The van der Waals surface area contributed by atoms with Crippen LogP contribution < -0.4 is 11.1 Å². The normalized spacial score (nSPS) is 11.9. The topological polar surface area (TPSA) is 107 Å². The largest absolute Gasteiger partial charge is 0.378 e. The Hall–Kier alpha value is -2.35. The molecule has 1 aromatic heterocycles. The number of aromatic nitrogens is 2. The third-order valence-corrected chi connectivity index (χ3v) is 3.50. The van der Waals surface area contributed by atoms with Gasteiger partial charge in [0.15, 0.2) is 0 Å². The molecule has 1 atom stereocenters. The van der Waals surface area contributed by atoms with Gasteiger partial charge in [0.05, 0.1) is 11.0 Å². The number of benzene rings is 1. The highest BCUT2D eigenvalue weighted by atomic mass is 32.2. The smallest absolute Gasteiger partial charge is 0.329 e. The van der Waals surface area contributed by atoms with Crippen LogP contribution in [-0.4, -0.2) is 26.9 Å². The summed E-state index contributed by atoms with van der Waals surface area (Å²) in [7, 11) is 0. The lowest BCUT2D eigenvalue weighted by Gasteiger charge is -2.18. The van der Waals surface area contributed by atoms with Crippen LogP contribution in [0.1, 0.15) is 11.6 Å². The Bertz CT molecular complexity index is 623. The maximum Gasteiger partial charge on any atom is 0.329 e. The van der Waals surface area contributed by atoms with E-state index < -0.39 is 4.92 Å². The summed E-state index contributed by atoms with van der Waals surface area (Å²) in [6, 6.07) is 9.86. The van der Waals surface area contributed by atoms with Crippen molar-refractivity contribution in [2.75, 3.05) is 23.1 Å². The first kappa shape index (κ1) is 15.0. The van der Waals surface area contributed by atoms with Crippen LogP contribution in [0.25, 0.3) is 0 Å². The van der Waals surface area contributed by atoms with Crippen molar-refractivity contribution in [3.63, 3.8) is 0 Å². The molecule has 1 aromatic carbocycles. The fourth-order valence-electron chi connectivity index (χ4n) is 1.83. The summed E-state index contributed by atoms with van der Waals surface area (Å²) in [4.78, 5) is 18.0. The SMILES string of the molecule is CSC[C@@H](Nc1ncc([N+](=O)[O-])c(N)n1)c1ccccc1. The van der Waals surface area contributed by atoms with E-state index in [0.29, 0.717) is 0 Å². The van der Waals surface area contributed by atoms with Crippen molar-refractivity contribution < 1.29 is 4.92 Å². The molecular weight excluding hydrogens is 290 g/mol. The Morgan fingerprint density at radius 3 is 2.71 bits per heavy atom. The van der Waals surface area contributed by atoms with Crippen molar-refractivity contribution >= 4 is 29.2 Å². The van der Waals surface area contributed by atoms with Gasteiger partial charge in [0.25, 0.3) is 0 Å².